The molecule has 0 aliphatic carbocycles. The number of nitrogens with zero attached hydrogens (tertiary/aromatic N) is 1. The molecule has 0 saturated carbocycles. The molecule has 0 fully saturated rings. The van der Waals surface area contributed by atoms with Crippen molar-refractivity contribution < 1.29 is 4.79 Å². The molecule has 0 radical (unpaired) electrons. The number of fused-ring (bicyclic) bond motifs is 1. The van der Waals surface area contributed by atoms with Crippen LogP contribution in [0.25, 0.3) is 0 Å². The van der Waals surface area contributed by atoms with E-state index < -0.39 is 6.04 Å². The fourth-order valence-electron chi connectivity index (χ4n) is 2.55. The number of carbonyl (C=O) groups is 1. The molecule has 2 aromatic rings. The second-order valence-corrected chi connectivity index (χ2v) is 5.91. The zero-order chi connectivity index (χ0) is 14.1. The molecule has 3 nitrogen and oxygen atoms in total. The molecule has 2 aromatic carbocycles. The van der Waals surface area contributed by atoms with Crippen molar-refractivity contribution in [2.24, 2.45) is 5.73 Å². The molecule has 1 atom stereocenters. The Labute approximate surface area is 126 Å². The molecule has 1 aliphatic heterocycles. The van der Waals surface area contributed by atoms with Gasteiger partial charge in [-0.1, -0.05) is 46.3 Å². The van der Waals surface area contributed by atoms with Gasteiger partial charge in [0.05, 0.1) is 12.6 Å². The van der Waals surface area contributed by atoms with Crippen LogP contribution < -0.4 is 10.6 Å². The second-order valence-electron chi connectivity index (χ2n) is 4.99. The van der Waals surface area contributed by atoms with E-state index >= 15 is 0 Å². The number of halogens is 1. The number of hydrogen-bond donors (Lipinski definition) is 1. The van der Waals surface area contributed by atoms with Crippen molar-refractivity contribution >= 4 is 27.5 Å². The largest absolute Gasteiger partial charge is 0.320 e. The third-order valence-corrected chi connectivity index (χ3v) is 4.03. The maximum absolute atomic E-state index is 12.4. The summed E-state index contributed by atoms with van der Waals surface area (Å²) in [7, 11) is 0. The van der Waals surface area contributed by atoms with Gasteiger partial charge in [0.25, 0.3) is 0 Å². The van der Waals surface area contributed by atoms with Crippen LogP contribution in [-0.2, 0) is 17.8 Å². The van der Waals surface area contributed by atoms with Crippen LogP contribution in [-0.4, -0.2) is 11.9 Å². The zero-order valence-corrected chi connectivity index (χ0v) is 12.5. The second kappa shape index (κ2) is 5.38. The predicted molar refractivity (Wildman–Crippen MR) is 83.5 cm³/mol. The fraction of sp³-hybridized carbons (Fsp3) is 0.188. The quantitative estimate of drug-likeness (QED) is 0.920. The summed E-state index contributed by atoms with van der Waals surface area (Å²) < 4.78 is 1.01. The standard InChI is InChI=1S/C16H15BrN2O/c17-13-6-7-15-12(8-13)9-14(18)16(20)19(15)10-11-4-2-1-3-5-11/h1-8,14H,9-10,18H2/t14-/m0/s1. The smallest absolute Gasteiger partial charge is 0.244 e. The molecular weight excluding hydrogens is 316 g/mol. The van der Waals surface area contributed by atoms with Gasteiger partial charge in [0.2, 0.25) is 5.91 Å². The number of amides is 1. The lowest BCUT2D eigenvalue weighted by Gasteiger charge is -2.33. The highest BCUT2D eigenvalue weighted by Crippen LogP contribution is 2.31. The number of benzene rings is 2. The van der Waals surface area contributed by atoms with Crippen LogP contribution in [0, 0.1) is 0 Å². The number of anilines is 1. The van der Waals surface area contributed by atoms with Gasteiger partial charge in [-0.3, -0.25) is 4.79 Å². The maximum Gasteiger partial charge on any atom is 0.244 e. The van der Waals surface area contributed by atoms with Crippen molar-refractivity contribution in [2.45, 2.75) is 19.0 Å². The Morgan fingerprint density at radius 1 is 1.20 bits per heavy atom. The first-order valence-electron chi connectivity index (χ1n) is 6.54. The first kappa shape index (κ1) is 13.3. The van der Waals surface area contributed by atoms with E-state index in [0.29, 0.717) is 13.0 Å². The molecule has 102 valence electrons. The van der Waals surface area contributed by atoms with Gasteiger partial charge in [-0.05, 0) is 35.7 Å². The Morgan fingerprint density at radius 3 is 2.70 bits per heavy atom. The summed E-state index contributed by atoms with van der Waals surface area (Å²) in [5, 5.41) is 0. The highest BCUT2D eigenvalue weighted by atomic mass is 79.9. The predicted octanol–water partition coefficient (Wildman–Crippen LogP) is 2.87. The first-order chi connectivity index (χ1) is 9.65. The molecule has 0 unspecified atom stereocenters. The van der Waals surface area contributed by atoms with Gasteiger partial charge in [0.15, 0.2) is 0 Å². The lowest BCUT2D eigenvalue weighted by molar-refractivity contribution is -0.120. The van der Waals surface area contributed by atoms with Crippen LogP contribution in [0.3, 0.4) is 0 Å². The molecule has 4 heteroatoms. The number of nitrogens with two attached hydrogens (primary N) is 1. The van der Waals surface area contributed by atoms with Crippen LogP contribution >= 0.6 is 15.9 Å². The van der Waals surface area contributed by atoms with Gasteiger partial charge < -0.3 is 10.6 Å². The molecule has 0 bridgehead atoms. The van der Waals surface area contributed by atoms with Gasteiger partial charge in [0, 0.05) is 10.2 Å². The lowest BCUT2D eigenvalue weighted by Crippen LogP contribution is -2.48. The number of rotatable bonds is 2. The van der Waals surface area contributed by atoms with Gasteiger partial charge >= 0.3 is 0 Å². The van der Waals surface area contributed by atoms with Crippen LogP contribution in [0.5, 0.6) is 0 Å². The molecule has 1 heterocycles. The van der Waals surface area contributed by atoms with E-state index in [9.17, 15) is 4.79 Å². The van der Waals surface area contributed by atoms with Gasteiger partial charge in [-0.15, -0.1) is 0 Å². The summed E-state index contributed by atoms with van der Waals surface area (Å²) in [6, 6.07) is 15.5. The molecule has 0 saturated heterocycles. The van der Waals surface area contributed by atoms with E-state index in [-0.39, 0.29) is 5.91 Å². The third kappa shape index (κ3) is 2.49. The minimum atomic E-state index is -0.458. The van der Waals surface area contributed by atoms with E-state index in [0.717, 1.165) is 21.3 Å². The molecule has 1 aliphatic rings. The molecule has 20 heavy (non-hydrogen) atoms. The monoisotopic (exact) mass is 330 g/mol. The van der Waals surface area contributed by atoms with Crippen LogP contribution in [0.15, 0.2) is 53.0 Å². The van der Waals surface area contributed by atoms with E-state index in [1.54, 1.807) is 4.90 Å². The first-order valence-corrected chi connectivity index (χ1v) is 7.34. The van der Waals surface area contributed by atoms with Crippen molar-refractivity contribution in [3.63, 3.8) is 0 Å². The molecule has 3 rings (SSSR count). The van der Waals surface area contributed by atoms with Gasteiger partial charge in [-0.25, -0.2) is 0 Å². The summed E-state index contributed by atoms with van der Waals surface area (Å²) in [6.45, 7) is 0.558. The van der Waals surface area contributed by atoms with Crippen LogP contribution in [0.2, 0.25) is 0 Å². The highest BCUT2D eigenvalue weighted by Gasteiger charge is 2.30. The summed E-state index contributed by atoms with van der Waals surface area (Å²) in [4.78, 5) is 14.1. The third-order valence-electron chi connectivity index (χ3n) is 3.54. The Morgan fingerprint density at radius 2 is 1.95 bits per heavy atom. The summed E-state index contributed by atoms with van der Waals surface area (Å²) in [5.74, 6) is -0.0105. The zero-order valence-electron chi connectivity index (χ0n) is 10.9. The SMILES string of the molecule is N[C@H]1Cc2cc(Br)ccc2N(Cc2ccccc2)C1=O. The van der Waals surface area contributed by atoms with Crippen molar-refractivity contribution in [2.75, 3.05) is 4.90 Å². The van der Waals surface area contributed by atoms with Crippen molar-refractivity contribution in [1.29, 1.82) is 0 Å². The molecule has 2 N–H and O–H groups in total. The molecule has 0 aromatic heterocycles. The molecule has 0 spiro atoms. The Kier molecular flexibility index (Phi) is 3.59. The topological polar surface area (TPSA) is 46.3 Å². The van der Waals surface area contributed by atoms with Crippen LogP contribution in [0.4, 0.5) is 5.69 Å². The Hall–Kier alpha value is -1.65. The van der Waals surface area contributed by atoms with E-state index in [1.165, 1.54) is 0 Å². The highest BCUT2D eigenvalue weighted by molar-refractivity contribution is 9.10. The van der Waals surface area contributed by atoms with Crippen molar-refractivity contribution in [1.82, 2.24) is 0 Å². The summed E-state index contributed by atoms with van der Waals surface area (Å²) in [6.07, 6.45) is 0.596. The minimum Gasteiger partial charge on any atom is -0.320 e. The fourth-order valence-corrected chi connectivity index (χ4v) is 2.96. The maximum atomic E-state index is 12.4. The van der Waals surface area contributed by atoms with E-state index in [4.69, 9.17) is 5.73 Å². The summed E-state index contributed by atoms with van der Waals surface area (Å²) >= 11 is 3.47. The number of hydrogen-bond acceptors (Lipinski definition) is 2. The number of carbonyl (C=O) groups excluding carboxylic acids is 1. The average Bonchev–Trinajstić information content (AvgIpc) is 2.45. The van der Waals surface area contributed by atoms with Crippen molar-refractivity contribution in [3.05, 3.63) is 64.1 Å². The lowest BCUT2D eigenvalue weighted by atomic mass is 9.97. The van der Waals surface area contributed by atoms with Crippen LogP contribution in [0.1, 0.15) is 11.1 Å². The van der Waals surface area contributed by atoms with Crippen molar-refractivity contribution in [3.8, 4) is 0 Å². The minimum absolute atomic E-state index is 0.0105. The van der Waals surface area contributed by atoms with Gasteiger partial charge in [-0.2, -0.15) is 0 Å². The normalized spacial score (nSPS) is 18.0. The summed E-state index contributed by atoms with van der Waals surface area (Å²) in [5.41, 5.74) is 9.16. The molecular formula is C16H15BrN2O. The van der Waals surface area contributed by atoms with Gasteiger partial charge in [0.1, 0.15) is 0 Å². The van der Waals surface area contributed by atoms with E-state index in [1.807, 2.05) is 48.5 Å². The molecule has 1 amide bonds. The Bertz CT molecular complexity index is 642. The Balaban J connectivity index is 1.99. The average molecular weight is 331 g/mol. The van der Waals surface area contributed by atoms with E-state index in [2.05, 4.69) is 15.9 Å².